The Labute approximate surface area is 167 Å². The second-order valence-corrected chi connectivity index (χ2v) is 9.00. The van der Waals surface area contributed by atoms with Crippen LogP contribution in [0.3, 0.4) is 0 Å². The molecule has 146 valence electrons. The zero-order valence-electron chi connectivity index (χ0n) is 14.8. The van der Waals surface area contributed by atoms with E-state index in [1.54, 1.807) is 24.3 Å². The minimum atomic E-state index is -3.64. The third-order valence-electron chi connectivity index (χ3n) is 4.71. The fourth-order valence-corrected chi connectivity index (χ4v) is 4.91. The van der Waals surface area contributed by atoms with E-state index in [1.165, 1.54) is 28.6 Å². The highest BCUT2D eigenvalue weighted by Crippen LogP contribution is 2.31. The van der Waals surface area contributed by atoms with Crippen LogP contribution in [0.1, 0.15) is 24.7 Å². The van der Waals surface area contributed by atoms with Crippen LogP contribution in [0.15, 0.2) is 57.9 Å². The monoisotopic (exact) mass is 421 g/mol. The zero-order chi connectivity index (χ0) is 19.7. The van der Waals surface area contributed by atoms with E-state index in [0.717, 1.165) is 6.42 Å². The van der Waals surface area contributed by atoms with Crippen molar-refractivity contribution >= 4 is 21.6 Å². The molecule has 28 heavy (non-hydrogen) atoms. The second-order valence-electron chi connectivity index (χ2n) is 6.62. The van der Waals surface area contributed by atoms with E-state index in [-0.39, 0.29) is 29.0 Å². The predicted octanol–water partition coefficient (Wildman–Crippen LogP) is 4.10. The lowest BCUT2D eigenvalue weighted by atomic mass is 10.00. The van der Waals surface area contributed by atoms with Crippen LogP contribution in [0.2, 0.25) is 5.02 Å². The van der Waals surface area contributed by atoms with Gasteiger partial charge in [-0.25, -0.2) is 12.8 Å². The van der Waals surface area contributed by atoms with Crippen molar-refractivity contribution in [2.75, 3.05) is 13.1 Å². The molecule has 0 bridgehead atoms. The number of benzene rings is 2. The summed E-state index contributed by atoms with van der Waals surface area (Å²) in [7, 11) is -3.64. The van der Waals surface area contributed by atoms with Gasteiger partial charge in [0.05, 0.1) is 10.8 Å². The molecule has 6 nitrogen and oxygen atoms in total. The van der Waals surface area contributed by atoms with Crippen molar-refractivity contribution in [1.82, 2.24) is 14.4 Å². The van der Waals surface area contributed by atoms with E-state index in [4.69, 9.17) is 16.1 Å². The van der Waals surface area contributed by atoms with Crippen molar-refractivity contribution in [3.63, 3.8) is 0 Å². The lowest BCUT2D eigenvalue weighted by molar-refractivity contribution is 0.265. The van der Waals surface area contributed by atoms with Gasteiger partial charge in [0, 0.05) is 23.7 Å². The van der Waals surface area contributed by atoms with Gasteiger partial charge >= 0.3 is 0 Å². The Hall–Kier alpha value is -2.29. The summed E-state index contributed by atoms with van der Waals surface area (Å²) in [6, 6.07) is 12.0. The lowest BCUT2D eigenvalue weighted by Crippen LogP contribution is -2.39. The highest BCUT2D eigenvalue weighted by atomic mass is 35.5. The minimum absolute atomic E-state index is 0.198. The Bertz CT molecular complexity index is 1090. The maximum Gasteiger partial charge on any atom is 0.243 e. The van der Waals surface area contributed by atoms with Crippen LogP contribution in [0.25, 0.3) is 11.4 Å². The van der Waals surface area contributed by atoms with Crippen molar-refractivity contribution in [3.05, 3.63) is 65.3 Å². The Kier molecular flexibility index (Phi) is 5.18. The quantitative estimate of drug-likeness (QED) is 0.634. The SMILES string of the molecule is O=S(=O)(c1ccc(Cl)cc1)N1CCC[C@@H](c2nc(-c3cccc(F)c3)no2)C1. The van der Waals surface area contributed by atoms with Gasteiger partial charge in [0.15, 0.2) is 0 Å². The summed E-state index contributed by atoms with van der Waals surface area (Å²) in [5, 5.41) is 4.40. The largest absolute Gasteiger partial charge is 0.339 e. The Balaban J connectivity index is 1.55. The van der Waals surface area contributed by atoms with Crippen LogP contribution in [-0.4, -0.2) is 36.0 Å². The molecule has 0 spiro atoms. The van der Waals surface area contributed by atoms with E-state index < -0.39 is 10.0 Å². The summed E-state index contributed by atoms with van der Waals surface area (Å²) < 4.78 is 46.0. The summed E-state index contributed by atoms with van der Waals surface area (Å²) in [6.07, 6.45) is 1.41. The molecule has 1 atom stereocenters. The number of piperidine rings is 1. The van der Waals surface area contributed by atoms with Gasteiger partial charge in [-0.3, -0.25) is 0 Å². The van der Waals surface area contributed by atoms with Gasteiger partial charge in [0.2, 0.25) is 21.7 Å². The number of aromatic nitrogens is 2. The highest BCUT2D eigenvalue weighted by molar-refractivity contribution is 7.89. The van der Waals surface area contributed by atoms with E-state index >= 15 is 0 Å². The van der Waals surface area contributed by atoms with E-state index in [0.29, 0.717) is 29.4 Å². The third kappa shape index (κ3) is 3.80. The second kappa shape index (κ2) is 7.62. The van der Waals surface area contributed by atoms with Crippen molar-refractivity contribution < 1.29 is 17.3 Å². The maximum absolute atomic E-state index is 13.4. The summed E-state index contributed by atoms with van der Waals surface area (Å²) >= 11 is 5.85. The molecular formula is C19H17ClFN3O3S. The molecule has 0 aliphatic carbocycles. The van der Waals surface area contributed by atoms with Gasteiger partial charge < -0.3 is 4.52 Å². The minimum Gasteiger partial charge on any atom is -0.339 e. The first-order valence-corrected chi connectivity index (χ1v) is 10.6. The molecule has 0 amide bonds. The van der Waals surface area contributed by atoms with E-state index in [1.807, 2.05) is 0 Å². The number of halogens is 2. The van der Waals surface area contributed by atoms with Gasteiger partial charge in [-0.05, 0) is 49.2 Å². The molecular weight excluding hydrogens is 405 g/mol. The fourth-order valence-electron chi connectivity index (χ4n) is 3.26. The van der Waals surface area contributed by atoms with Gasteiger partial charge in [-0.15, -0.1) is 0 Å². The average molecular weight is 422 g/mol. The number of sulfonamides is 1. The Morgan fingerprint density at radius 1 is 1.18 bits per heavy atom. The number of rotatable bonds is 4. The summed E-state index contributed by atoms with van der Waals surface area (Å²) in [5.74, 6) is 0.0369. The maximum atomic E-state index is 13.4. The van der Waals surface area contributed by atoms with Gasteiger partial charge in [0.25, 0.3) is 0 Å². The molecule has 1 saturated heterocycles. The predicted molar refractivity (Wildman–Crippen MR) is 102 cm³/mol. The molecule has 4 rings (SSSR count). The molecule has 0 saturated carbocycles. The van der Waals surface area contributed by atoms with Crippen molar-refractivity contribution in [3.8, 4) is 11.4 Å². The summed E-state index contributed by atoms with van der Waals surface area (Å²) in [6.45, 7) is 0.669. The Morgan fingerprint density at radius 2 is 1.96 bits per heavy atom. The first kappa shape index (κ1) is 19.0. The van der Waals surface area contributed by atoms with Crippen molar-refractivity contribution in [1.29, 1.82) is 0 Å². The van der Waals surface area contributed by atoms with Crippen molar-refractivity contribution in [2.45, 2.75) is 23.7 Å². The Morgan fingerprint density at radius 3 is 2.71 bits per heavy atom. The average Bonchev–Trinajstić information content (AvgIpc) is 3.19. The summed E-state index contributed by atoms with van der Waals surface area (Å²) in [5.41, 5.74) is 0.511. The first-order valence-electron chi connectivity index (χ1n) is 8.79. The van der Waals surface area contributed by atoms with Crippen LogP contribution >= 0.6 is 11.6 Å². The molecule has 1 aliphatic heterocycles. The van der Waals surface area contributed by atoms with E-state index in [9.17, 15) is 12.8 Å². The molecule has 0 radical (unpaired) electrons. The lowest BCUT2D eigenvalue weighted by Gasteiger charge is -2.30. The number of nitrogens with zero attached hydrogens (tertiary/aromatic N) is 3. The van der Waals surface area contributed by atoms with Crippen molar-refractivity contribution in [2.24, 2.45) is 0 Å². The highest BCUT2D eigenvalue weighted by Gasteiger charge is 2.33. The number of hydrogen-bond donors (Lipinski definition) is 0. The molecule has 3 aromatic rings. The molecule has 1 fully saturated rings. The van der Waals surface area contributed by atoms with Crippen LogP contribution in [-0.2, 0) is 10.0 Å². The normalized spacial score (nSPS) is 18.3. The van der Waals surface area contributed by atoms with Gasteiger partial charge in [-0.2, -0.15) is 9.29 Å². The first-order chi connectivity index (χ1) is 13.4. The fraction of sp³-hybridized carbons (Fsp3) is 0.263. The topological polar surface area (TPSA) is 76.3 Å². The summed E-state index contributed by atoms with van der Waals surface area (Å²) in [4.78, 5) is 4.56. The van der Waals surface area contributed by atoms with Gasteiger partial charge in [-0.1, -0.05) is 28.9 Å². The van der Waals surface area contributed by atoms with E-state index in [2.05, 4.69) is 10.1 Å². The molecule has 0 unspecified atom stereocenters. The molecule has 9 heteroatoms. The van der Waals surface area contributed by atoms with Gasteiger partial charge in [0.1, 0.15) is 5.82 Å². The molecule has 2 heterocycles. The van der Waals surface area contributed by atoms with Crippen LogP contribution < -0.4 is 0 Å². The molecule has 2 aromatic carbocycles. The number of hydrogen-bond acceptors (Lipinski definition) is 5. The van der Waals surface area contributed by atoms with Crippen LogP contribution in [0.5, 0.6) is 0 Å². The molecule has 0 N–H and O–H groups in total. The zero-order valence-corrected chi connectivity index (χ0v) is 16.3. The third-order valence-corrected chi connectivity index (χ3v) is 6.84. The van der Waals surface area contributed by atoms with Crippen LogP contribution in [0, 0.1) is 5.82 Å². The van der Waals surface area contributed by atoms with Crippen LogP contribution in [0.4, 0.5) is 4.39 Å². The smallest absolute Gasteiger partial charge is 0.243 e. The standard InChI is InChI=1S/C19H17ClFN3O3S/c20-15-6-8-17(9-7-15)28(25,26)24-10-2-4-14(12-24)19-22-18(23-27-19)13-3-1-5-16(21)11-13/h1,3,5-9,11,14H,2,4,10,12H2/t14-/m1/s1. The molecule has 1 aliphatic rings. The molecule has 1 aromatic heterocycles.